The van der Waals surface area contributed by atoms with E-state index in [9.17, 15) is 4.79 Å². The van der Waals surface area contributed by atoms with E-state index < -0.39 is 0 Å². The summed E-state index contributed by atoms with van der Waals surface area (Å²) in [6.45, 7) is 5.47. The molecule has 11 heteroatoms. The van der Waals surface area contributed by atoms with E-state index >= 15 is 0 Å². The fourth-order valence-electron chi connectivity index (χ4n) is 2.65. The Hall–Kier alpha value is -4.41. The molecule has 2 aromatic carbocycles. The van der Waals surface area contributed by atoms with Gasteiger partial charge in [0.1, 0.15) is 0 Å². The molecular weight excluding hydrogens is 396 g/mol. The molecule has 0 saturated heterocycles. The number of urea groups is 1. The first-order valence-corrected chi connectivity index (χ1v) is 9.24. The third kappa shape index (κ3) is 7.16. The first kappa shape index (κ1) is 22.9. The van der Waals surface area contributed by atoms with Gasteiger partial charge in [0.25, 0.3) is 0 Å². The summed E-state index contributed by atoms with van der Waals surface area (Å²) in [5, 5.41) is 27.8. The molecule has 0 spiro atoms. The number of benzene rings is 2. The molecule has 0 unspecified atom stereocenters. The van der Waals surface area contributed by atoms with Gasteiger partial charge in [-0.05, 0) is 56.2 Å². The average Bonchev–Trinajstić information content (AvgIpc) is 2.70. The molecule has 11 nitrogen and oxygen atoms in total. The molecule has 2 amide bonds. The van der Waals surface area contributed by atoms with Gasteiger partial charge in [-0.15, -0.1) is 0 Å². The molecule has 0 aliphatic rings. The fourth-order valence-corrected chi connectivity index (χ4v) is 2.65. The van der Waals surface area contributed by atoms with Gasteiger partial charge < -0.3 is 22.1 Å². The molecule has 162 valence electrons. The Morgan fingerprint density at radius 2 is 1.35 bits per heavy atom. The minimum absolute atomic E-state index is 0.241. The predicted octanol–water partition coefficient (Wildman–Crippen LogP) is 2.05. The first-order valence-electron chi connectivity index (χ1n) is 9.24. The standard InChI is InChI=1S/C20H26N10O/c1-11-10-16(8-9-17(11)13(3)28-30-19(23)24)26-20(31)25-15-6-4-14(5-7-15)12(2)27-29-18(21)22/h4-10H,1-3H3,(H4,21,22,29)(H4,23,24,30)(H2,25,26,31)/b27-12+,28-13-. The number of carbonyl (C=O) groups is 1. The highest BCUT2D eigenvalue weighted by atomic mass is 16.2. The number of carbonyl (C=O) groups excluding carboxylic acids is 1. The third-order valence-corrected chi connectivity index (χ3v) is 4.12. The number of aryl methyl sites for hydroxylation is 1. The van der Waals surface area contributed by atoms with Crippen LogP contribution in [0.2, 0.25) is 0 Å². The van der Waals surface area contributed by atoms with E-state index in [1.54, 1.807) is 44.2 Å². The molecular formula is C20H26N10O. The van der Waals surface area contributed by atoms with E-state index in [0.29, 0.717) is 22.8 Å². The lowest BCUT2D eigenvalue weighted by atomic mass is 10.0. The Morgan fingerprint density at radius 1 is 0.839 bits per heavy atom. The van der Waals surface area contributed by atoms with E-state index in [0.717, 1.165) is 16.7 Å². The van der Waals surface area contributed by atoms with Crippen LogP contribution in [0, 0.1) is 17.7 Å². The van der Waals surface area contributed by atoms with Crippen molar-refractivity contribution in [3.05, 3.63) is 59.2 Å². The number of nitrogens with two attached hydrogens (primary N) is 2. The molecule has 0 radical (unpaired) electrons. The number of hydrogen-bond acceptors (Lipinski definition) is 5. The number of guanidine groups is 2. The number of hydrogen-bond donors (Lipinski definition) is 8. The van der Waals surface area contributed by atoms with Crippen LogP contribution in [0.1, 0.15) is 30.5 Å². The van der Waals surface area contributed by atoms with Gasteiger partial charge in [0.2, 0.25) is 11.9 Å². The zero-order valence-electron chi connectivity index (χ0n) is 17.5. The maximum absolute atomic E-state index is 12.3. The Balaban J connectivity index is 2.00. The van der Waals surface area contributed by atoms with Gasteiger partial charge in [-0.2, -0.15) is 10.2 Å². The normalized spacial score (nSPS) is 11.5. The fraction of sp³-hybridized carbons (Fsp3) is 0.150. The smallest absolute Gasteiger partial charge is 0.323 e. The highest BCUT2D eigenvalue weighted by Crippen LogP contribution is 2.17. The first-order chi connectivity index (χ1) is 14.7. The Labute approximate surface area is 180 Å². The Morgan fingerprint density at radius 3 is 1.90 bits per heavy atom. The average molecular weight is 422 g/mol. The van der Waals surface area contributed by atoms with Crippen molar-refractivity contribution >= 4 is 40.7 Å². The van der Waals surface area contributed by atoms with E-state index in [2.05, 4.69) is 31.7 Å². The lowest BCUT2D eigenvalue weighted by Crippen LogP contribution is -2.26. The van der Waals surface area contributed by atoms with Crippen LogP contribution >= 0.6 is 0 Å². The van der Waals surface area contributed by atoms with Gasteiger partial charge in [-0.25, -0.2) is 15.6 Å². The van der Waals surface area contributed by atoms with E-state index in [-0.39, 0.29) is 18.0 Å². The van der Waals surface area contributed by atoms with Crippen molar-refractivity contribution in [2.45, 2.75) is 20.8 Å². The molecule has 0 fully saturated rings. The number of amides is 2. The molecule has 0 aliphatic carbocycles. The van der Waals surface area contributed by atoms with Crippen LogP contribution in [0.25, 0.3) is 0 Å². The van der Waals surface area contributed by atoms with Gasteiger partial charge in [-0.1, -0.05) is 18.2 Å². The number of nitrogens with one attached hydrogen (secondary N) is 6. The summed E-state index contributed by atoms with van der Waals surface area (Å²) in [7, 11) is 0. The van der Waals surface area contributed by atoms with Crippen molar-refractivity contribution in [1.29, 1.82) is 10.8 Å². The monoisotopic (exact) mass is 422 g/mol. The highest BCUT2D eigenvalue weighted by Gasteiger charge is 2.07. The Kier molecular flexibility index (Phi) is 7.67. The second-order valence-corrected chi connectivity index (χ2v) is 6.63. The Bertz CT molecular complexity index is 1040. The quantitative estimate of drug-likeness (QED) is 0.200. The zero-order valence-corrected chi connectivity index (χ0v) is 17.5. The maximum atomic E-state index is 12.3. The minimum Gasteiger partial charge on any atom is -0.369 e. The number of hydrazone groups is 2. The zero-order chi connectivity index (χ0) is 23.0. The van der Waals surface area contributed by atoms with Gasteiger partial charge in [0.15, 0.2) is 0 Å². The summed E-state index contributed by atoms with van der Waals surface area (Å²) in [6, 6.07) is 12.1. The summed E-state index contributed by atoms with van der Waals surface area (Å²) in [6.07, 6.45) is 0. The van der Waals surface area contributed by atoms with Crippen molar-refractivity contribution in [1.82, 2.24) is 10.9 Å². The summed E-state index contributed by atoms with van der Waals surface area (Å²) in [5.41, 5.74) is 20.4. The molecule has 0 saturated carbocycles. The van der Waals surface area contributed by atoms with Crippen molar-refractivity contribution < 1.29 is 4.79 Å². The SMILES string of the molecule is C/C(=N/NC(=N)N)c1ccc(NC(=O)Nc2ccc(/C(C)=N/NC(=N)N)cc2)cc1C. The summed E-state index contributed by atoms with van der Waals surface area (Å²) in [5.74, 6) is -0.483. The van der Waals surface area contributed by atoms with Crippen molar-refractivity contribution in [2.24, 2.45) is 21.7 Å². The molecule has 0 aromatic heterocycles. The molecule has 0 aliphatic heterocycles. The number of anilines is 2. The van der Waals surface area contributed by atoms with Crippen molar-refractivity contribution in [3.63, 3.8) is 0 Å². The van der Waals surface area contributed by atoms with Crippen LogP contribution in [0.5, 0.6) is 0 Å². The number of rotatable bonds is 6. The van der Waals surface area contributed by atoms with E-state index in [4.69, 9.17) is 22.3 Å². The molecule has 0 atom stereocenters. The highest BCUT2D eigenvalue weighted by molar-refractivity contribution is 6.03. The summed E-state index contributed by atoms with van der Waals surface area (Å²) < 4.78 is 0. The predicted molar refractivity (Wildman–Crippen MR) is 125 cm³/mol. The molecule has 2 aromatic rings. The minimum atomic E-state index is -0.382. The largest absolute Gasteiger partial charge is 0.369 e. The van der Waals surface area contributed by atoms with Crippen molar-refractivity contribution in [2.75, 3.05) is 10.6 Å². The molecule has 10 N–H and O–H groups in total. The topological polar surface area (TPSA) is 190 Å². The second-order valence-electron chi connectivity index (χ2n) is 6.63. The van der Waals surface area contributed by atoms with Crippen molar-refractivity contribution in [3.8, 4) is 0 Å². The summed E-state index contributed by atoms with van der Waals surface area (Å²) >= 11 is 0. The van der Waals surface area contributed by atoms with Crippen LogP contribution in [-0.4, -0.2) is 29.4 Å². The van der Waals surface area contributed by atoms with Gasteiger partial charge in [0.05, 0.1) is 11.4 Å². The number of nitrogens with zero attached hydrogens (tertiary/aromatic N) is 2. The molecule has 0 heterocycles. The third-order valence-electron chi connectivity index (χ3n) is 4.12. The van der Waals surface area contributed by atoms with E-state index in [1.807, 2.05) is 19.1 Å². The van der Waals surface area contributed by atoms with Gasteiger partial charge >= 0.3 is 6.03 Å². The van der Waals surface area contributed by atoms with Crippen LogP contribution in [-0.2, 0) is 0 Å². The van der Waals surface area contributed by atoms with Crippen LogP contribution in [0.3, 0.4) is 0 Å². The lowest BCUT2D eigenvalue weighted by molar-refractivity contribution is 0.262. The van der Waals surface area contributed by atoms with Crippen LogP contribution in [0.15, 0.2) is 52.7 Å². The maximum Gasteiger partial charge on any atom is 0.323 e. The van der Waals surface area contributed by atoms with E-state index in [1.165, 1.54) is 0 Å². The van der Waals surface area contributed by atoms with Crippen LogP contribution < -0.4 is 33.0 Å². The lowest BCUT2D eigenvalue weighted by Gasteiger charge is -2.11. The van der Waals surface area contributed by atoms with Gasteiger partial charge in [0, 0.05) is 16.9 Å². The summed E-state index contributed by atoms with van der Waals surface area (Å²) in [4.78, 5) is 12.3. The molecule has 2 rings (SSSR count). The molecule has 0 bridgehead atoms. The second kappa shape index (κ2) is 10.4. The van der Waals surface area contributed by atoms with Gasteiger partial charge in [-0.3, -0.25) is 10.8 Å². The van der Waals surface area contributed by atoms with Crippen LogP contribution in [0.4, 0.5) is 16.2 Å². The molecule has 31 heavy (non-hydrogen) atoms.